The molecular formula is C15H23N3O2. The van der Waals surface area contributed by atoms with Crippen LogP contribution < -0.4 is 5.32 Å². The van der Waals surface area contributed by atoms with Crippen molar-refractivity contribution in [2.45, 2.75) is 25.3 Å². The molecule has 1 aromatic heterocycles. The van der Waals surface area contributed by atoms with Crippen LogP contribution >= 0.6 is 0 Å². The Labute approximate surface area is 119 Å². The van der Waals surface area contributed by atoms with Crippen molar-refractivity contribution in [1.82, 2.24) is 14.9 Å². The normalized spacial score (nSPS) is 35.0. The van der Waals surface area contributed by atoms with E-state index in [1.54, 1.807) is 0 Å². The van der Waals surface area contributed by atoms with E-state index < -0.39 is 0 Å². The number of ether oxygens (including phenoxy) is 1. The molecule has 0 amide bonds. The maximum Gasteiger partial charge on any atom is 0.112 e. The number of nitrogens with zero attached hydrogens (tertiary/aromatic N) is 2. The first-order valence-electron chi connectivity index (χ1n) is 7.73. The van der Waals surface area contributed by atoms with Crippen LogP contribution in [0, 0.1) is 17.3 Å². The van der Waals surface area contributed by atoms with E-state index in [9.17, 15) is 5.11 Å². The summed E-state index contributed by atoms with van der Waals surface area (Å²) in [6, 6.07) is 0. The van der Waals surface area contributed by atoms with Crippen molar-refractivity contribution >= 4 is 0 Å². The molecule has 4 rings (SSSR count). The first-order valence-corrected chi connectivity index (χ1v) is 7.73. The van der Waals surface area contributed by atoms with Crippen molar-refractivity contribution in [2.24, 2.45) is 17.3 Å². The molecule has 5 heteroatoms. The van der Waals surface area contributed by atoms with Crippen molar-refractivity contribution in [1.29, 1.82) is 0 Å². The Balaban J connectivity index is 1.53. The maximum absolute atomic E-state index is 9.85. The minimum absolute atomic E-state index is 0.0179. The number of aromatic nitrogens is 2. The Hall–Kier alpha value is -0.910. The Morgan fingerprint density at radius 2 is 2.10 bits per heavy atom. The van der Waals surface area contributed by atoms with Crippen molar-refractivity contribution in [3.05, 3.63) is 18.2 Å². The Kier molecular flexibility index (Phi) is 3.09. The highest BCUT2D eigenvalue weighted by atomic mass is 16.5. The van der Waals surface area contributed by atoms with Gasteiger partial charge in [-0.05, 0) is 37.8 Å². The standard InChI is InChI=1S/C15H23N3O2/c19-10-15(1-5-20-6-2-15)9-18-4-3-17-14(18)13-11-7-16-8-12(11)13/h3-4,11-13,16,19H,1-2,5-10H2/t11-,12+,13?. The summed E-state index contributed by atoms with van der Waals surface area (Å²) in [5.41, 5.74) is -0.0179. The molecular weight excluding hydrogens is 254 g/mol. The van der Waals surface area contributed by atoms with Crippen LogP contribution in [0.2, 0.25) is 0 Å². The van der Waals surface area contributed by atoms with Gasteiger partial charge in [0, 0.05) is 43.5 Å². The molecule has 5 nitrogen and oxygen atoms in total. The first-order chi connectivity index (χ1) is 9.83. The van der Waals surface area contributed by atoms with Gasteiger partial charge in [-0.1, -0.05) is 0 Å². The maximum atomic E-state index is 9.85. The van der Waals surface area contributed by atoms with E-state index in [1.807, 2.05) is 6.20 Å². The van der Waals surface area contributed by atoms with Gasteiger partial charge in [-0.3, -0.25) is 0 Å². The molecule has 2 aliphatic heterocycles. The highest BCUT2D eigenvalue weighted by Gasteiger charge is 2.55. The second kappa shape index (κ2) is 4.83. The molecule has 20 heavy (non-hydrogen) atoms. The van der Waals surface area contributed by atoms with Crippen LogP contribution in [0.5, 0.6) is 0 Å². The van der Waals surface area contributed by atoms with Crippen LogP contribution in [0.25, 0.3) is 0 Å². The first kappa shape index (κ1) is 12.8. The lowest BCUT2D eigenvalue weighted by molar-refractivity contribution is -0.0257. The molecule has 3 aliphatic rings. The molecule has 1 aromatic rings. The largest absolute Gasteiger partial charge is 0.396 e. The number of piperidine rings is 1. The van der Waals surface area contributed by atoms with E-state index >= 15 is 0 Å². The summed E-state index contributed by atoms with van der Waals surface area (Å²) < 4.78 is 7.75. The predicted molar refractivity (Wildman–Crippen MR) is 74.4 cm³/mol. The molecule has 110 valence electrons. The number of rotatable bonds is 4. The van der Waals surface area contributed by atoms with Gasteiger partial charge in [-0.25, -0.2) is 4.98 Å². The second-order valence-corrected chi connectivity index (χ2v) is 6.70. The summed E-state index contributed by atoms with van der Waals surface area (Å²) in [6.45, 7) is 4.94. The zero-order valence-electron chi connectivity index (χ0n) is 11.8. The summed E-state index contributed by atoms with van der Waals surface area (Å²) in [6.07, 6.45) is 5.89. The summed E-state index contributed by atoms with van der Waals surface area (Å²) in [4.78, 5) is 4.61. The third-order valence-electron chi connectivity index (χ3n) is 5.53. The number of hydrogen-bond acceptors (Lipinski definition) is 4. The highest BCUT2D eigenvalue weighted by molar-refractivity contribution is 5.21. The highest BCUT2D eigenvalue weighted by Crippen LogP contribution is 2.55. The number of fused-ring (bicyclic) bond motifs is 1. The summed E-state index contributed by atoms with van der Waals surface area (Å²) in [5, 5.41) is 13.3. The second-order valence-electron chi connectivity index (χ2n) is 6.70. The number of imidazole rings is 1. The molecule has 0 radical (unpaired) electrons. The monoisotopic (exact) mass is 277 g/mol. The molecule has 1 saturated carbocycles. The summed E-state index contributed by atoms with van der Waals surface area (Å²) in [5.74, 6) is 3.45. The fourth-order valence-electron chi connectivity index (χ4n) is 4.09. The van der Waals surface area contributed by atoms with E-state index in [2.05, 4.69) is 21.1 Å². The van der Waals surface area contributed by atoms with Gasteiger partial charge >= 0.3 is 0 Å². The van der Waals surface area contributed by atoms with Crippen molar-refractivity contribution in [2.75, 3.05) is 32.9 Å². The van der Waals surface area contributed by atoms with Gasteiger partial charge in [0.05, 0.1) is 6.61 Å². The molecule has 2 N–H and O–H groups in total. The lowest BCUT2D eigenvalue weighted by Crippen LogP contribution is -2.37. The smallest absolute Gasteiger partial charge is 0.112 e. The lowest BCUT2D eigenvalue weighted by Gasteiger charge is -2.36. The Morgan fingerprint density at radius 1 is 1.35 bits per heavy atom. The van der Waals surface area contributed by atoms with E-state index in [1.165, 1.54) is 5.82 Å². The number of aliphatic hydroxyl groups excluding tert-OH is 1. The van der Waals surface area contributed by atoms with Crippen molar-refractivity contribution in [3.8, 4) is 0 Å². The van der Waals surface area contributed by atoms with Crippen LogP contribution in [0.1, 0.15) is 24.6 Å². The van der Waals surface area contributed by atoms with Crippen LogP contribution in [-0.2, 0) is 11.3 Å². The third-order valence-corrected chi connectivity index (χ3v) is 5.53. The zero-order chi connectivity index (χ0) is 13.6. The van der Waals surface area contributed by atoms with Gasteiger partial charge in [0.1, 0.15) is 5.82 Å². The SMILES string of the molecule is OCC1(Cn2ccnc2C2[C@H]3CNC[C@@H]23)CCOCC1. The molecule has 3 fully saturated rings. The molecule has 3 atom stereocenters. The fourth-order valence-corrected chi connectivity index (χ4v) is 4.09. The van der Waals surface area contributed by atoms with Crippen LogP contribution in [0.4, 0.5) is 0 Å². The van der Waals surface area contributed by atoms with Gasteiger partial charge < -0.3 is 19.7 Å². The Bertz CT molecular complexity index is 471. The number of hydrogen-bond donors (Lipinski definition) is 2. The minimum Gasteiger partial charge on any atom is -0.396 e. The zero-order valence-corrected chi connectivity index (χ0v) is 11.8. The molecule has 0 aromatic carbocycles. The third kappa shape index (κ3) is 2.00. The van der Waals surface area contributed by atoms with Gasteiger partial charge in [0.25, 0.3) is 0 Å². The van der Waals surface area contributed by atoms with E-state index in [0.717, 1.165) is 57.5 Å². The van der Waals surface area contributed by atoms with Gasteiger partial charge in [0.15, 0.2) is 0 Å². The van der Waals surface area contributed by atoms with E-state index in [0.29, 0.717) is 5.92 Å². The van der Waals surface area contributed by atoms with Crippen LogP contribution in [0.3, 0.4) is 0 Å². The van der Waals surface area contributed by atoms with E-state index in [-0.39, 0.29) is 12.0 Å². The van der Waals surface area contributed by atoms with E-state index in [4.69, 9.17) is 4.74 Å². The summed E-state index contributed by atoms with van der Waals surface area (Å²) in [7, 11) is 0. The lowest BCUT2D eigenvalue weighted by atomic mass is 9.81. The number of nitrogens with one attached hydrogen (secondary N) is 1. The average molecular weight is 277 g/mol. The van der Waals surface area contributed by atoms with Gasteiger partial charge in [0.2, 0.25) is 0 Å². The van der Waals surface area contributed by atoms with Crippen LogP contribution in [0.15, 0.2) is 12.4 Å². The molecule has 0 bridgehead atoms. The molecule has 0 spiro atoms. The quantitative estimate of drug-likeness (QED) is 0.846. The molecule has 1 unspecified atom stereocenters. The molecule has 2 saturated heterocycles. The summed E-state index contributed by atoms with van der Waals surface area (Å²) >= 11 is 0. The fraction of sp³-hybridized carbons (Fsp3) is 0.800. The van der Waals surface area contributed by atoms with Crippen molar-refractivity contribution < 1.29 is 9.84 Å². The van der Waals surface area contributed by atoms with Gasteiger partial charge in [-0.2, -0.15) is 0 Å². The Morgan fingerprint density at radius 3 is 2.80 bits per heavy atom. The number of aliphatic hydroxyl groups is 1. The molecule has 3 heterocycles. The molecule has 1 aliphatic carbocycles. The van der Waals surface area contributed by atoms with Crippen LogP contribution in [-0.4, -0.2) is 47.6 Å². The predicted octanol–water partition coefficient (Wildman–Crippen LogP) is 0.605. The van der Waals surface area contributed by atoms with Crippen molar-refractivity contribution in [3.63, 3.8) is 0 Å². The average Bonchev–Trinajstić information content (AvgIpc) is 2.88. The topological polar surface area (TPSA) is 59.3 Å². The van der Waals surface area contributed by atoms with Gasteiger partial charge in [-0.15, -0.1) is 0 Å². The minimum atomic E-state index is -0.0179.